The van der Waals surface area contributed by atoms with Crippen molar-refractivity contribution in [3.05, 3.63) is 28.2 Å². The highest BCUT2D eigenvalue weighted by atomic mass is 79.9. The predicted octanol–water partition coefficient (Wildman–Crippen LogP) is 3.63. The molecule has 0 spiro atoms. The monoisotopic (exact) mass is 276 g/mol. The quantitative estimate of drug-likeness (QED) is 0.562. The molecule has 0 radical (unpaired) electrons. The Hall–Kier alpha value is -0.850. The van der Waals surface area contributed by atoms with Crippen molar-refractivity contribution in [1.82, 2.24) is 0 Å². The van der Waals surface area contributed by atoms with Crippen molar-refractivity contribution in [2.45, 2.75) is 6.36 Å². The molecule has 0 aliphatic carbocycles. The summed E-state index contributed by atoms with van der Waals surface area (Å²) in [6, 6.07) is 1.23. The first-order valence-corrected chi connectivity index (χ1v) is 4.00. The second kappa shape index (κ2) is 3.72. The maximum atomic E-state index is 12.7. The van der Waals surface area contributed by atoms with E-state index in [1.807, 2.05) is 0 Å². The lowest BCUT2D eigenvalue weighted by Gasteiger charge is -2.11. The van der Waals surface area contributed by atoms with Crippen molar-refractivity contribution in [2.75, 3.05) is 0 Å². The van der Waals surface area contributed by atoms with Gasteiger partial charge in [-0.1, -0.05) is 0 Å². The van der Waals surface area contributed by atoms with Crippen molar-refractivity contribution in [2.24, 2.45) is 0 Å². The Labute approximate surface area is 83.6 Å². The van der Waals surface area contributed by atoms with Crippen molar-refractivity contribution in [3.63, 3.8) is 0 Å². The van der Waals surface area contributed by atoms with Crippen LogP contribution in [0.1, 0.15) is 0 Å². The Morgan fingerprint density at radius 1 is 1.07 bits per heavy atom. The summed E-state index contributed by atoms with van der Waals surface area (Å²) in [6.07, 6.45) is -5.06. The summed E-state index contributed by atoms with van der Waals surface area (Å²) in [5.74, 6) is -3.54. The van der Waals surface area contributed by atoms with Gasteiger partial charge in [0.1, 0.15) is 5.82 Å². The summed E-state index contributed by atoms with van der Waals surface area (Å²) in [5.41, 5.74) is 0. The Bertz CT molecular complexity index is 349. The number of ether oxygens (including phenoxy) is 1. The third-order valence-electron chi connectivity index (χ3n) is 1.22. The molecule has 1 aromatic rings. The van der Waals surface area contributed by atoms with Gasteiger partial charge in [-0.15, -0.1) is 13.2 Å². The molecule has 0 aliphatic rings. The zero-order valence-corrected chi connectivity index (χ0v) is 7.92. The number of halogens is 6. The maximum absolute atomic E-state index is 12.7. The van der Waals surface area contributed by atoms with Crippen molar-refractivity contribution < 1.29 is 26.7 Å². The lowest BCUT2D eigenvalue weighted by molar-refractivity contribution is -0.276. The zero-order chi connectivity index (χ0) is 10.9. The fourth-order valence-corrected chi connectivity index (χ4v) is 1.12. The highest BCUT2D eigenvalue weighted by Crippen LogP contribution is 2.34. The standard InChI is InChI=1S/C7H2BrF5O/c8-5-3(9)1-2-4(10)6(5)14-7(11,12)13/h1-2H. The van der Waals surface area contributed by atoms with Gasteiger partial charge in [0.15, 0.2) is 11.6 Å². The number of rotatable bonds is 1. The molecule has 0 bridgehead atoms. The molecule has 0 saturated carbocycles. The largest absolute Gasteiger partial charge is 0.573 e. The number of hydrogen-bond donors (Lipinski definition) is 0. The minimum absolute atomic E-state index is 0.543. The number of hydrogen-bond acceptors (Lipinski definition) is 1. The summed E-state index contributed by atoms with van der Waals surface area (Å²) < 4.78 is 63.1. The van der Waals surface area contributed by atoms with Crippen LogP contribution in [0.2, 0.25) is 0 Å². The molecule has 1 rings (SSSR count). The second-order valence-corrected chi connectivity index (χ2v) is 3.01. The van der Waals surface area contributed by atoms with Gasteiger partial charge in [0.05, 0.1) is 4.47 Å². The van der Waals surface area contributed by atoms with E-state index in [1.165, 1.54) is 0 Å². The molecular weight excluding hydrogens is 275 g/mol. The fraction of sp³-hybridized carbons (Fsp3) is 0.143. The Balaban J connectivity index is 3.13. The van der Waals surface area contributed by atoms with Gasteiger partial charge in [0, 0.05) is 0 Å². The molecule has 78 valence electrons. The summed E-state index contributed by atoms with van der Waals surface area (Å²) in [6.45, 7) is 0. The zero-order valence-electron chi connectivity index (χ0n) is 6.33. The van der Waals surface area contributed by atoms with Crippen LogP contribution < -0.4 is 4.74 Å². The van der Waals surface area contributed by atoms with Crippen molar-refractivity contribution >= 4 is 15.9 Å². The average molecular weight is 277 g/mol. The highest BCUT2D eigenvalue weighted by molar-refractivity contribution is 9.10. The summed E-state index contributed by atoms with van der Waals surface area (Å²) in [7, 11) is 0. The lowest BCUT2D eigenvalue weighted by atomic mass is 10.3. The molecule has 0 fully saturated rings. The number of benzene rings is 1. The molecule has 7 heteroatoms. The van der Waals surface area contributed by atoms with E-state index in [9.17, 15) is 22.0 Å². The molecule has 0 saturated heterocycles. The van der Waals surface area contributed by atoms with Crippen LogP contribution in [0, 0.1) is 11.6 Å². The summed E-state index contributed by atoms with van der Waals surface area (Å²) in [5, 5.41) is 0. The van der Waals surface area contributed by atoms with Gasteiger partial charge in [0.25, 0.3) is 0 Å². The van der Waals surface area contributed by atoms with Gasteiger partial charge >= 0.3 is 6.36 Å². The Morgan fingerprint density at radius 3 is 2.07 bits per heavy atom. The van der Waals surface area contributed by atoms with Crippen LogP contribution in [-0.2, 0) is 0 Å². The van der Waals surface area contributed by atoms with E-state index in [-0.39, 0.29) is 0 Å². The van der Waals surface area contributed by atoms with Gasteiger partial charge < -0.3 is 4.74 Å². The average Bonchev–Trinajstić information content (AvgIpc) is 2.04. The van der Waals surface area contributed by atoms with Crippen LogP contribution in [0.25, 0.3) is 0 Å². The third kappa shape index (κ3) is 2.57. The fourth-order valence-electron chi connectivity index (χ4n) is 0.718. The highest BCUT2D eigenvalue weighted by Gasteiger charge is 2.34. The minimum Gasteiger partial charge on any atom is -0.401 e. The van der Waals surface area contributed by atoms with E-state index in [1.54, 1.807) is 0 Å². The normalized spacial score (nSPS) is 11.6. The molecule has 0 N–H and O–H groups in total. The molecule has 14 heavy (non-hydrogen) atoms. The SMILES string of the molecule is Fc1ccc(F)c(OC(F)(F)F)c1Br. The first kappa shape index (κ1) is 11.2. The van der Waals surface area contributed by atoms with E-state index < -0.39 is 28.2 Å². The topological polar surface area (TPSA) is 9.23 Å². The molecule has 0 aliphatic heterocycles. The van der Waals surface area contributed by atoms with Gasteiger partial charge in [-0.25, -0.2) is 8.78 Å². The van der Waals surface area contributed by atoms with Crippen LogP contribution in [-0.4, -0.2) is 6.36 Å². The van der Waals surface area contributed by atoms with E-state index in [2.05, 4.69) is 20.7 Å². The molecule has 0 heterocycles. The first-order chi connectivity index (χ1) is 6.31. The van der Waals surface area contributed by atoms with Gasteiger partial charge in [-0.3, -0.25) is 0 Å². The van der Waals surface area contributed by atoms with Crippen molar-refractivity contribution in [3.8, 4) is 5.75 Å². The minimum atomic E-state index is -5.06. The van der Waals surface area contributed by atoms with Crippen LogP contribution in [0.3, 0.4) is 0 Å². The smallest absolute Gasteiger partial charge is 0.401 e. The number of alkyl halides is 3. The Morgan fingerprint density at radius 2 is 1.57 bits per heavy atom. The van der Waals surface area contributed by atoms with E-state index in [0.29, 0.717) is 12.1 Å². The molecule has 0 amide bonds. The second-order valence-electron chi connectivity index (χ2n) is 2.22. The van der Waals surface area contributed by atoms with Crippen LogP contribution in [0.4, 0.5) is 22.0 Å². The van der Waals surface area contributed by atoms with Gasteiger partial charge in [0.2, 0.25) is 0 Å². The van der Waals surface area contributed by atoms with Gasteiger partial charge in [-0.2, -0.15) is 0 Å². The van der Waals surface area contributed by atoms with E-state index in [0.717, 1.165) is 0 Å². The third-order valence-corrected chi connectivity index (χ3v) is 1.96. The Kier molecular flexibility index (Phi) is 2.98. The maximum Gasteiger partial charge on any atom is 0.573 e. The summed E-state index contributed by atoms with van der Waals surface area (Å²) in [4.78, 5) is 0. The predicted molar refractivity (Wildman–Crippen MR) is 40.7 cm³/mol. The van der Waals surface area contributed by atoms with Crippen LogP contribution in [0.15, 0.2) is 16.6 Å². The molecule has 0 unspecified atom stereocenters. The van der Waals surface area contributed by atoms with Crippen molar-refractivity contribution in [1.29, 1.82) is 0 Å². The van der Waals surface area contributed by atoms with E-state index >= 15 is 0 Å². The molecule has 0 atom stereocenters. The van der Waals surface area contributed by atoms with E-state index in [4.69, 9.17) is 0 Å². The van der Waals surface area contributed by atoms with Gasteiger partial charge in [-0.05, 0) is 28.1 Å². The molecule has 1 nitrogen and oxygen atoms in total. The van der Waals surface area contributed by atoms with Crippen LogP contribution in [0.5, 0.6) is 5.75 Å². The molecule has 0 aromatic heterocycles. The lowest BCUT2D eigenvalue weighted by Crippen LogP contribution is -2.18. The summed E-state index contributed by atoms with van der Waals surface area (Å²) >= 11 is 2.44. The molecule has 1 aromatic carbocycles. The first-order valence-electron chi connectivity index (χ1n) is 3.20. The van der Waals surface area contributed by atoms with Crippen LogP contribution >= 0.6 is 15.9 Å². The molecular formula is C7H2BrF5O.